The molecule has 0 atom stereocenters. The first-order valence-corrected chi connectivity index (χ1v) is 12.2. The van der Waals surface area contributed by atoms with Crippen LogP contribution >= 0.6 is 0 Å². The largest absolute Gasteiger partial charge is 0.444 e. The summed E-state index contributed by atoms with van der Waals surface area (Å²) in [7, 11) is 0. The number of nitrogens with one attached hydrogen (secondary N) is 1. The third-order valence-electron chi connectivity index (χ3n) is 5.28. The smallest absolute Gasteiger partial charge is 0.409 e. The molecule has 1 aromatic heterocycles. The number of rotatable bonds is 10. The van der Waals surface area contributed by atoms with Crippen LogP contribution in [0.1, 0.15) is 98.6 Å². The van der Waals surface area contributed by atoms with Gasteiger partial charge in [0.05, 0.1) is 19.4 Å². The molecule has 1 amide bonds. The van der Waals surface area contributed by atoms with E-state index in [9.17, 15) is 4.79 Å². The molecule has 0 aliphatic carbocycles. The Bertz CT molecular complexity index is 791. The number of hydrogen-bond donors (Lipinski definition) is 1. The van der Waals surface area contributed by atoms with Gasteiger partial charge >= 0.3 is 6.09 Å². The molecule has 0 aromatic carbocycles. The van der Waals surface area contributed by atoms with Gasteiger partial charge < -0.3 is 19.5 Å². The highest BCUT2D eigenvalue weighted by Crippen LogP contribution is 2.24. The lowest BCUT2D eigenvalue weighted by Crippen LogP contribution is -2.60. The highest BCUT2D eigenvalue weighted by atomic mass is 16.7. The molecule has 0 radical (unpaired) electrons. The van der Waals surface area contributed by atoms with Crippen molar-refractivity contribution in [1.82, 2.24) is 20.3 Å². The average Bonchev–Trinajstić information content (AvgIpc) is 3.17. The zero-order valence-corrected chi connectivity index (χ0v) is 21.3. The average molecular weight is 463 g/mol. The van der Waals surface area contributed by atoms with Crippen molar-refractivity contribution < 1.29 is 19.0 Å². The van der Waals surface area contributed by atoms with Gasteiger partial charge in [-0.15, -0.1) is 5.10 Å². The summed E-state index contributed by atoms with van der Waals surface area (Å²) in [5.74, 6) is 5.38. The molecule has 1 N–H and O–H groups in total. The molecule has 1 saturated heterocycles. The first-order chi connectivity index (χ1) is 15.5. The summed E-state index contributed by atoms with van der Waals surface area (Å²) >= 11 is 0. The maximum absolute atomic E-state index is 12.4. The van der Waals surface area contributed by atoms with E-state index >= 15 is 0 Å². The minimum Gasteiger partial charge on any atom is -0.444 e. The third kappa shape index (κ3) is 10.6. The number of carbonyl (C=O) groups excluding carboxylic acids is 1. The summed E-state index contributed by atoms with van der Waals surface area (Å²) in [6, 6.07) is 0. The van der Waals surface area contributed by atoms with Crippen molar-refractivity contribution >= 4 is 6.09 Å². The SMILES string of the molecule is CCCCCCCCCCn1cc(C#CC2(NC(=O)OC(C)(C)C)COC(C)(C)OC2)nn1. The number of nitrogens with zero attached hydrogens (tertiary/aromatic N) is 3. The predicted octanol–water partition coefficient (Wildman–Crippen LogP) is 4.82. The van der Waals surface area contributed by atoms with Gasteiger partial charge in [-0.2, -0.15) is 0 Å². The van der Waals surface area contributed by atoms with Crippen LogP contribution in [0.25, 0.3) is 0 Å². The number of carbonyl (C=O) groups is 1. The molecular formula is C25H42N4O4. The lowest BCUT2D eigenvalue weighted by Gasteiger charge is -2.40. The Hall–Kier alpha value is -2.11. The molecule has 2 rings (SSSR count). The molecule has 0 bridgehead atoms. The zero-order valence-electron chi connectivity index (χ0n) is 21.3. The predicted molar refractivity (Wildman–Crippen MR) is 128 cm³/mol. The van der Waals surface area contributed by atoms with Gasteiger partial charge in [-0.25, -0.2) is 4.79 Å². The Labute approximate surface area is 199 Å². The molecule has 1 aromatic rings. The molecule has 0 spiro atoms. The Kier molecular flexibility index (Phi) is 10.2. The van der Waals surface area contributed by atoms with Crippen molar-refractivity contribution in [2.45, 2.75) is 116 Å². The van der Waals surface area contributed by atoms with Gasteiger partial charge in [0.2, 0.25) is 0 Å². The van der Waals surface area contributed by atoms with E-state index in [0.717, 1.165) is 13.0 Å². The van der Waals surface area contributed by atoms with Gasteiger partial charge in [-0.3, -0.25) is 4.68 Å². The molecule has 8 heteroatoms. The Morgan fingerprint density at radius 1 is 1.12 bits per heavy atom. The summed E-state index contributed by atoms with van der Waals surface area (Å²) in [5.41, 5.74) is -1.10. The highest BCUT2D eigenvalue weighted by Gasteiger charge is 2.41. The van der Waals surface area contributed by atoms with Crippen LogP contribution in [0.5, 0.6) is 0 Å². The van der Waals surface area contributed by atoms with Crippen LogP contribution in [0.4, 0.5) is 4.79 Å². The second kappa shape index (κ2) is 12.4. The Morgan fingerprint density at radius 2 is 1.73 bits per heavy atom. The molecule has 1 aliphatic heterocycles. The van der Waals surface area contributed by atoms with Crippen LogP contribution in [-0.2, 0) is 20.8 Å². The summed E-state index contributed by atoms with van der Waals surface area (Å²) in [6.45, 7) is 12.5. The van der Waals surface area contributed by atoms with Crippen molar-refractivity contribution in [1.29, 1.82) is 0 Å². The van der Waals surface area contributed by atoms with Crippen LogP contribution in [0.15, 0.2) is 6.20 Å². The zero-order chi connectivity index (χ0) is 24.4. The molecule has 33 heavy (non-hydrogen) atoms. The number of amides is 1. The van der Waals surface area contributed by atoms with E-state index in [0.29, 0.717) is 5.69 Å². The maximum atomic E-state index is 12.4. The van der Waals surface area contributed by atoms with E-state index in [1.54, 1.807) is 0 Å². The van der Waals surface area contributed by atoms with E-state index in [-0.39, 0.29) is 13.2 Å². The standard InChI is InChI=1S/C25H42N4O4/c1-7-8-9-10-11-12-13-14-17-29-18-21(27-28-29)15-16-25(19-31-24(5,6)32-20-25)26-22(30)33-23(2,3)4/h18H,7-14,17,19-20H2,1-6H3,(H,26,30). The van der Waals surface area contributed by atoms with E-state index in [1.165, 1.54) is 44.9 Å². The number of aryl methyl sites for hydroxylation is 1. The lowest BCUT2D eigenvalue weighted by atomic mass is 10.0. The lowest BCUT2D eigenvalue weighted by molar-refractivity contribution is -0.262. The maximum Gasteiger partial charge on any atom is 0.409 e. The fraction of sp³-hybridized carbons (Fsp3) is 0.800. The summed E-state index contributed by atoms with van der Waals surface area (Å²) in [4.78, 5) is 12.4. The van der Waals surface area contributed by atoms with Crippen molar-refractivity contribution in [3.63, 3.8) is 0 Å². The minimum absolute atomic E-state index is 0.179. The van der Waals surface area contributed by atoms with Crippen LogP contribution in [0.3, 0.4) is 0 Å². The van der Waals surface area contributed by atoms with Crippen LogP contribution in [0, 0.1) is 11.8 Å². The number of hydrogen-bond acceptors (Lipinski definition) is 6. The van der Waals surface area contributed by atoms with Gasteiger partial charge in [0.15, 0.2) is 17.0 Å². The second-order valence-electron chi connectivity index (χ2n) is 10.3. The van der Waals surface area contributed by atoms with Gasteiger partial charge in [-0.1, -0.05) is 63.0 Å². The number of unbranched alkanes of at least 4 members (excludes halogenated alkanes) is 7. The summed E-state index contributed by atoms with van der Waals surface area (Å²) in [6.07, 6.45) is 11.4. The van der Waals surface area contributed by atoms with E-state index in [4.69, 9.17) is 14.2 Å². The molecule has 8 nitrogen and oxygen atoms in total. The van der Waals surface area contributed by atoms with Gasteiger partial charge in [0.1, 0.15) is 5.60 Å². The molecule has 186 valence electrons. The van der Waals surface area contributed by atoms with Crippen molar-refractivity contribution in [2.75, 3.05) is 13.2 Å². The van der Waals surface area contributed by atoms with Crippen LogP contribution in [-0.4, -0.2) is 51.2 Å². The van der Waals surface area contributed by atoms with E-state index < -0.39 is 23.0 Å². The Balaban J connectivity index is 1.92. The molecule has 2 heterocycles. The van der Waals surface area contributed by atoms with E-state index in [2.05, 4.69) is 34.4 Å². The quantitative estimate of drug-likeness (QED) is 0.396. The van der Waals surface area contributed by atoms with Crippen LogP contribution in [0.2, 0.25) is 0 Å². The summed E-state index contributed by atoms with van der Waals surface area (Å²) in [5, 5.41) is 11.2. The summed E-state index contributed by atoms with van der Waals surface area (Å²) < 4.78 is 18.8. The normalized spacial score (nSPS) is 17.2. The van der Waals surface area contributed by atoms with Crippen molar-refractivity contribution in [2.24, 2.45) is 0 Å². The molecular weight excluding hydrogens is 420 g/mol. The molecule has 1 aliphatic rings. The first-order valence-electron chi connectivity index (χ1n) is 12.2. The number of alkyl carbamates (subject to hydrolysis) is 1. The van der Waals surface area contributed by atoms with E-state index in [1.807, 2.05) is 45.5 Å². The van der Waals surface area contributed by atoms with Crippen LogP contribution < -0.4 is 5.32 Å². The fourth-order valence-corrected chi connectivity index (χ4v) is 3.41. The molecule has 0 saturated carbocycles. The van der Waals surface area contributed by atoms with Gasteiger partial charge in [-0.05, 0) is 47.0 Å². The third-order valence-corrected chi connectivity index (χ3v) is 5.28. The molecule has 0 unspecified atom stereocenters. The molecule has 1 fully saturated rings. The number of aromatic nitrogens is 3. The van der Waals surface area contributed by atoms with Gasteiger partial charge in [0, 0.05) is 6.54 Å². The topological polar surface area (TPSA) is 87.5 Å². The highest BCUT2D eigenvalue weighted by molar-refractivity contribution is 5.70. The van der Waals surface area contributed by atoms with Crippen molar-refractivity contribution in [3.05, 3.63) is 11.9 Å². The van der Waals surface area contributed by atoms with Gasteiger partial charge in [0.25, 0.3) is 0 Å². The fourth-order valence-electron chi connectivity index (χ4n) is 3.41. The monoisotopic (exact) mass is 462 g/mol. The second-order valence-corrected chi connectivity index (χ2v) is 10.3. The number of ether oxygens (including phenoxy) is 3. The first kappa shape index (κ1) is 27.1. The minimum atomic E-state index is -1.03. The van der Waals surface area contributed by atoms with Crippen molar-refractivity contribution in [3.8, 4) is 11.8 Å². The Morgan fingerprint density at radius 3 is 2.33 bits per heavy atom.